The minimum absolute atomic E-state index is 0.0318. The van der Waals surface area contributed by atoms with Gasteiger partial charge in [0.15, 0.2) is 5.43 Å². The van der Waals surface area contributed by atoms with E-state index in [0.717, 1.165) is 0 Å². The van der Waals surface area contributed by atoms with Crippen LogP contribution in [0.1, 0.15) is 16.1 Å². The smallest absolute Gasteiger partial charge is 0.337 e. The van der Waals surface area contributed by atoms with Crippen LogP contribution in [0.15, 0.2) is 93.2 Å². The first-order valence-corrected chi connectivity index (χ1v) is 11.3. The van der Waals surface area contributed by atoms with Crippen LogP contribution >= 0.6 is 11.6 Å². The van der Waals surface area contributed by atoms with Gasteiger partial charge >= 0.3 is 5.97 Å². The first-order valence-electron chi connectivity index (χ1n) is 10.9. The predicted molar refractivity (Wildman–Crippen MR) is 138 cm³/mol. The molecule has 0 saturated heterocycles. The summed E-state index contributed by atoms with van der Waals surface area (Å²) in [6, 6.07) is 22.2. The molecule has 0 radical (unpaired) electrons. The average molecular weight is 500 g/mol. The van der Waals surface area contributed by atoms with Crippen molar-refractivity contribution in [2.75, 3.05) is 0 Å². The summed E-state index contributed by atoms with van der Waals surface area (Å²) in [5.41, 5.74) is 4.21. The van der Waals surface area contributed by atoms with Crippen LogP contribution in [-0.4, -0.2) is 27.8 Å². The molecule has 0 aliphatic heterocycles. The van der Waals surface area contributed by atoms with Crippen molar-refractivity contribution in [3.05, 3.63) is 105 Å². The molecule has 0 bridgehead atoms. The van der Waals surface area contributed by atoms with E-state index in [1.54, 1.807) is 59.2 Å². The lowest BCUT2D eigenvalue weighted by Crippen LogP contribution is -2.25. The van der Waals surface area contributed by atoms with E-state index < -0.39 is 5.97 Å². The summed E-state index contributed by atoms with van der Waals surface area (Å²) < 4.78 is 7.48. The van der Waals surface area contributed by atoms with Gasteiger partial charge in [-0.1, -0.05) is 35.9 Å². The second-order valence-corrected chi connectivity index (χ2v) is 8.35. The molecule has 3 aromatic carbocycles. The number of para-hydroxylation sites is 2. The largest absolute Gasteiger partial charge is 0.478 e. The van der Waals surface area contributed by atoms with Gasteiger partial charge in [0.25, 0.3) is 5.91 Å². The highest BCUT2D eigenvalue weighted by molar-refractivity contribution is 6.33. The molecule has 0 saturated carbocycles. The van der Waals surface area contributed by atoms with Crippen molar-refractivity contribution in [3.63, 3.8) is 0 Å². The van der Waals surface area contributed by atoms with Crippen molar-refractivity contribution in [1.29, 1.82) is 0 Å². The zero-order chi connectivity index (χ0) is 25.2. The predicted octanol–water partition coefficient (Wildman–Crippen LogP) is 4.92. The Labute approximate surface area is 209 Å². The number of aromatic carboxylic acids is 1. The van der Waals surface area contributed by atoms with Gasteiger partial charge in [-0.3, -0.25) is 9.59 Å². The van der Waals surface area contributed by atoms with Gasteiger partial charge in [0.2, 0.25) is 0 Å². The normalized spacial score (nSPS) is 11.4. The molecule has 178 valence electrons. The van der Waals surface area contributed by atoms with Crippen LogP contribution in [0.3, 0.4) is 0 Å². The van der Waals surface area contributed by atoms with E-state index in [4.69, 9.17) is 16.0 Å². The van der Waals surface area contributed by atoms with Crippen LogP contribution in [0.2, 0.25) is 5.02 Å². The van der Waals surface area contributed by atoms with Crippen molar-refractivity contribution in [3.8, 4) is 11.3 Å². The van der Waals surface area contributed by atoms with E-state index in [-0.39, 0.29) is 28.5 Å². The number of pyridine rings is 1. The number of carbonyl (C=O) groups is 2. The molecule has 2 aromatic heterocycles. The standard InChI is InChI=1S/C27H18ClN3O5/c28-21-11-9-16(13-20(21)27(34)35)24-12-10-17(36-24)14-29-30-25(32)15-31-22-7-3-1-5-18(22)26(33)19-6-2-4-8-23(19)31/h1-14H,15H2,(H,30,32)(H,34,35)/b29-14-. The molecular formula is C27H18ClN3O5. The summed E-state index contributed by atoms with van der Waals surface area (Å²) in [5, 5.41) is 14.4. The molecule has 2 N–H and O–H groups in total. The molecule has 2 heterocycles. The van der Waals surface area contributed by atoms with E-state index in [9.17, 15) is 19.5 Å². The molecule has 0 aliphatic carbocycles. The Kier molecular flexibility index (Phi) is 6.10. The van der Waals surface area contributed by atoms with Gasteiger partial charge in [-0.15, -0.1) is 0 Å². The number of hydrogen-bond donors (Lipinski definition) is 2. The number of amides is 1. The summed E-state index contributed by atoms with van der Waals surface area (Å²) in [6.45, 7) is -0.0508. The molecule has 5 rings (SSSR count). The van der Waals surface area contributed by atoms with Crippen molar-refractivity contribution in [1.82, 2.24) is 9.99 Å². The summed E-state index contributed by atoms with van der Waals surface area (Å²) in [7, 11) is 0. The van der Waals surface area contributed by atoms with Crippen molar-refractivity contribution >= 4 is 51.5 Å². The number of benzene rings is 3. The van der Waals surface area contributed by atoms with E-state index in [0.29, 0.717) is 38.9 Å². The van der Waals surface area contributed by atoms with E-state index >= 15 is 0 Å². The minimum Gasteiger partial charge on any atom is -0.478 e. The summed E-state index contributed by atoms with van der Waals surface area (Å²) in [5.74, 6) is -0.744. The van der Waals surface area contributed by atoms with Crippen molar-refractivity contribution < 1.29 is 19.1 Å². The number of nitrogens with zero attached hydrogens (tertiary/aromatic N) is 2. The van der Waals surface area contributed by atoms with Crippen LogP contribution in [0.5, 0.6) is 0 Å². The lowest BCUT2D eigenvalue weighted by molar-refractivity contribution is -0.121. The first kappa shape index (κ1) is 23.1. The number of furan rings is 1. The Bertz CT molecular complexity index is 1680. The number of rotatable bonds is 6. The Morgan fingerprint density at radius 1 is 0.972 bits per heavy atom. The Morgan fingerprint density at radius 3 is 2.31 bits per heavy atom. The van der Waals surface area contributed by atoms with Crippen molar-refractivity contribution in [2.24, 2.45) is 5.10 Å². The number of hydrazone groups is 1. The van der Waals surface area contributed by atoms with Gasteiger partial charge in [0.1, 0.15) is 18.1 Å². The molecule has 0 spiro atoms. The molecule has 0 fully saturated rings. The second-order valence-electron chi connectivity index (χ2n) is 7.94. The van der Waals surface area contributed by atoms with Crippen LogP contribution in [-0.2, 0) is 11.3 Å². The lowest BCUT2D eigenvalue weighted by atomic mass is 10.1. The fourth-order valence-corrected chi connectivity index (χ4v) is 4.21. The zero-order valence-corrected chi connectivity index (χ0v) is 19.4. The molecule has 1 amide bonds. The van der Waals surface area contributed by atoms with E-state index in [1.165, 1.54) is 18.3 Å². The lowest BCUT2D eigenvalue weighted by Gasteiger charge is -2.14. The average Bonchev–Trinajstić information content (AvgIpc) is 3.35. The van der Waals surface area contributed by atoms with Gasteiger partial charge in [0, 0.05) is 16.3 Å². The van der Waals surface area contributed by atoms with Gasteiger partial charge in [-0.05, 0) is 54.6 Å². The maximum absolute atomic E-state index is 12.8. The maximum Gasteiger partial charge on any atom is 0.337 e. The first-order chi connectivity index (χ1) is 17.4. The number of carboxylic acid groups (broad SMARTS) is 1. The third-order valence-corrected chi connectivity index (χ3v) is 6.00. The summed E-state index contributed by atoms with van der Waals surface area (Å²) in [4.78, 5) is 36.9. The maximum atomic E-state index is 12.8. The number of halogens is 1. The fourth-order valence-electron chi connectivity index (χ4n) is 4.01. The highest BCUT2D eigenvalue weighted by Gasteiger charge is 2.14. The molecule has 9 heteroatoms. The molecule has 0 aliphatic rings. The number of carbonyl (C=O) groups excluding carboxylic acids is 1. The van der Waals surface area contributed by atoms with Crippen molar-refractivity contribution in [2.45, 2.75) is 6.54 Å². The third kappa shape index (κ3) is 4.37. The molecular weight excluding hydrogens is 482 g/mol. The number of fused-ring (bicyclic) bond motifs is 2. The molecule has 5 aromatic rings. The van der Waals surface area contributed by atoms with E-state index in [1.807, 2.05) is 12.1 Å². The van der Waals surface area contributed by atoms with Crippen LogP contribution in [0.4, 0.5) is 0 Å². The quantitative estimate of drug-likeness (QED) is 0.195. The summed E-state index contributed by atoms with van der Waals surface area (Å²) in [6.07, 6.45) is 1.34. The Balaban J connectivity index is 1.35. The van der Waals surface area contributed by atoms with Crippen LogP contribution < -0.4 is 10.9 Å². The minimum atomic E-state index is -1.14. The number of hydrogen-bond acceptors (Lipinski definition) is 5. The monoisotopic (exact) mass is 499 g/mol. The highest BCUT2D eigenvalue weighted by Crippen LogP contribution is 2.26. The Hall–Kier alpha value is -4.69. The second kappa shape index (κ2) is 9.52. The molecule has 0 atom stereocenters. The molecule has 36 heavy (non-hydrogen) atoms. The summed E-state index contributed by atoms with van der Waals surface area (Å²) >= 11 is 5.92. The topological polar surface area (TPSA) is 114 Å². The van der Waals surface area contributed by atoms with E-state index in [2.05, 4.69) is 10.5 Å². The fraction of sp³-hybridized carbons (Fsp3) is 0.0370. The van der Waals surface area contributed by atoms with Gasteiger partial charge in [-0.25, -0.2) is 10.2 Å². The number of aromatic nitrogens is 1. The van der Waals surface area contributed by atoms with Gasteiger partial charge in [-0.2, -0.15) is 5.10 Å². The van der Waals surface area contributed by atoms with Crippen LogP contribution in [0, 0.1) is 0 Å². The molecule has 0 unspecified atom stereocenters. The SMILES string of the molecule is O=C(Cn1c2ccccc2c(=O)c2ccccc21)N/N=C\c1ccc(-c2ccc(Cl)c(C(=O)O)c2)o1. The third-order valence-electron chi connectivity index (χ3n) is 5.67. The van der Waals surface area contributed by atoms with Gasteiger partial charge in [0.05, 0.1) is 27.8 Å². The van der Waals surface area contributed by atoms with Crippen LogP contribution in [0.25, 0.3) is 33.1 Å². The number of carboxylic acids is 1. The number of nitrogens with one attached hydrogen (secondary N) is 1. The molecule has 8 nitrogen and oxygen atoms in total. The zero-order valence-electron chi connectivity index (χ0n) is 18.6. The van der Waals surface area contributed by atoms with Gasteiger partial charge < -0.3 is 14.1 Å². The highest BCUT2D eigenvalue weighted by atomic mass is 35.5. The Morgan fingerprint density at radius 2 is 1.64 bits per heavy atom.